The third-order valence-electron chi connectivity index (χ3n) is 5.12. The van der Waals surface area contributed by atoms with Gasteiger partial charge in [0.25, 0.3) is 15.9 Å². The van der Waals surface area contributed by atoms with Gasteiger partial charge in [-0.1, -0.05) is 25.1 Å². The van der Waals surface area contributed by atoms with Gasteiger partial charge in [0.05, 0.1) is 4.90 Å². The molecule has 0 unspecified atom stereocenters. The Bertz CT molecular complexity index is 1200. The fourth-order valence-electron chi connectivity index (χ4n) is 3.13. The van der Waals surface area contributed by atoms with E-state index >= 15 is 0 Å². The molecule has 0 saturated carbocycles. The maximum atomic E-state index is 12.7. The molecule has 0 radical (unpaired) electrons. The van der Waals surface area contributed by atoms with Gasteiger partial charge in [-0.2, -0.15) is 0 Å². The van der Waals surface area contributed by atoms with E-state index in [-0.39, 0.29) is 10.8 Å². The van der Waals surface area contributed by atoms with E-state index in [1.165, 1.54) is 12.1 Å². The van der Waals surface area contributed by atoms with Crippen LogP contribution < -0.4 is 14.8 Å². The Morgan fingerprint density at radius 3 is 2.22 bits per heavy atom. The molecule has 1 atom stereocenters. The van der Waals surface area contributed by atoms with E-state index in [4.69, 9.17) is 4.74 Å². The summed E-state index contributed by atoms with van der Waals surface area (Å²) in [4.78, 5) is 12.8. The van der Waals surface area contributed by atoms with Crippen molar-refractivity contribution in [2.75, 3.05) is 10.0 Å². The molecule has 3 aromatic carbocycles. The summed E-state index contributed by atoms with van der Waals surface area (Å²) < 4.78 is 33.8. The highest BCUT2D eigenvalue weighted by atomic mass is 32.2. The molecule has 0 aromatic heterocycles. The maximum absolute atomic E-state index is 12.7. The van der Waals surface area contributed by atoms with Gasteiger partial charge in [-0.25, -0.2) is 8.42 Å². The number of sulfonamides is 1. The van der Waals surface area contributed by atoms with E-state index < -0.39 is 16.1 Å². The predicted octanol–water partition coefficient (Wildman–Crippen LogP) is 5.21. The molecule has 0 aliphatic heterocycles. The van der Waals surface area contributed by atoms with Crippen LogP contribution in [-0.4, -0.2) is 20.4 Å². The van der Waals surface area contributed by atoms with Crippen LogP contribution in [0.2, 0.25) is 0 Å². The molecule has 2 N–H and O–H groups in total. The van der Waals surface area contributed by atoms with E-state index in [0.29, 0.717) is 23.5 Å². The normalized spacial score (nSPS) is 12.1. The number of carbonyl (C=O) groups is 1. The second-order valence-corrected chi connectivity index (χ2v) is 9.43. The zero-order valence-corrected chi connectivity index (χ0v) is 19.5. The smallest absolute Gasteiger partial charge is 0.265 e. The number of ether oxygens (including phenoxy) is 1. The lowest BCUT2D eigenvalue weighted by atomic mass is 10.1. The van der Waals surface area contributed by atoms with Crippen molar-refractivity contribution in [3.05, 3.63) is 83.4 Å². The summed E-state index contributed by atoms with van der Waals surface area (Å²) in [5, 5.41) is 2.79. The van der Waals surface area contributed by atoms with E-state index in [0.717, 1.165) is 16.7 Å². The molecular formula is C25H28N2O4S. The summed E-state index contributed by atoms with van der Waals surface area (Å²) >= 11 is 0. The molecule has 7 heteroatoms. The average Bonchev–Trinajstić information content (AvgIpc) is 2.75. The van der Waals surface area contributed by atoms with Gasteiger partial charge in [-0.3, -0.25) is 9.52 Å². The molecule has 0 aliphatic rings. The van der Waals surface area contributed by atoms with Gasteiger partial charge in [0, 0.05) is 11.4 Å². The molecule has 0 heterocycles. The molecule has 0 saturated heterocycles. The first-order chi connectivity index (χ1) is 15.2. The molecule has 168 valence electrons. The van der Waals surface area contributed by atoms with Crippen LogP contribution in [-0.2, 0) is 14.8 Å². The summed E-state index contributed by atoms with van der Waals surface area (Å²) in [6, 6.07) is 19.0. The van der Waals surface area contributed by atoms with Gasteiger partial charge in [-0.05, 0) is 92.4 Å². The Balaban J connectivity index is 1.67. The summed E-state index contributed by atoms with van der Waals surface area (Å²) in [6.07, 6.45) is -0.168. The Labute approximate surface area is 189 Å². The van der Waals surface area contributed by atoms with Crippen LogP contribution in [0, 0.1) is 20.8 Å². The highest BCUT2D eigenvalue weighted by Crippen LogP contribution is 2.21. The van der Waals surface area contributed by atoms with Gasteiger partial charge >= 0.3 is 0 Å². The van der Waals surface area contributed by atoms with Gasteiger partial charge in [0.2, 0.25) is 0 Å². The molecule has 3 aromatic rings. The number of carbonyl (C=O) groups excluding carboxylic acids is 1. The molecular weight excluding hydrogens is 424 g/mol. The van der Waals surface area contributed by atoms with Crippen LogP contribution in [0.3, 0.4) is 0 Å². The largest absolute Gasteiger partial charge is 0.481 e. The topological polar surface area (TPSA) is 84.5 Å². The molecule has 0 spiro atoms. The zero-order valence-electron chi connectivity index (χ0n) is 18.7. The monoisotopic (exact) mass is 452 g/mol. The Kier molecular flexibility index (Phi) is 7.20. The number of hydrogen-bond acceptors (Lipinski definition) is 4. The standard InChI is InChI=1S/C25H28N2O4S/c1-5-24(31-22-8-6-7-17(2)15-22)25(28)26-20-11-13-23(14-12-20)32(29,30)27-21-10-9-18(3)19(4)16-21/h6-16,24,27H,5H2,1-4H3,(H,26,28)/t24-/m1/s1. The second-order valence-electron chi connectivity index (χ2n) is 7.75. The minimum Gasteiger partial charge on any atom is -0.481 e. The molecule has 0 bridgehead atoms. The quantitative estimate of drug-likeness (QED) is 0.491. The van der Waals surface area contributed by atoms with E-state index in [1.807, 2.05) is 58.0 Å². The van der Waals surface area contributed by atoms with Gasteiger partial charge in [0.15, 0.2) is 6.10 Å². The first-order valence-electron chi connectivity index (χ1n) is 10.4. The minimum absolute atomic E-state index is 0.108. The van der Waals surface area contributed by atoms with Gasteiger partial charge in [0.1, 0.15) is 5.75 Å². The van der Waals surface area contributed by atoms with Crippen molar-refractivity contribution in [2.24, 2.45) is 0 Å². The molecule has 0 aliphatic carbocycles. The van der Waals surface area contributed by atoms with Crippen molar-refractivity contribution in [2.45, 2.75) is 45.1 Å². The lowest BCUT2D eigenvalue weighted by molar-refractivity contribution is -0.122. The fourth-order valence-corrected chi connectivity index (χ4v) is 4.18. The molecule has 32 heavy (non-hydrogen) atoms. The van der Waals surface area contributed by atoms with Crippen molar-refractivity contribution >= 4 is 27.3 Å². The number of benzene rings is 3. The molecule has 1 amide bonds. The lowest BCUT2D eigenvalue weighted by Gasteiger charge is -2.18. The second kappa shape index (κ2) is 9.87. The number of nitrogens with one attached hydrogen (secondary N) is 2. The summed E-state index contributed by atoms with van der Waals surface area (Å²) in [5.41, 5.74) is 4.13. The fraction of sp³-hybridized carbons (Fsp3) is 0.240. The molecule has 3 rings (SSSR count). The molecule has 0 fully saturated rings. The van der Waals surface area contributed by atoms with Crippen molar-refractivity contribution < 1.29 is 17.9 Å². The Morgan fingerprint density at radius 1 is 0.906 bits per heavy atom. The predicted molar refractivity (Wildman–Crippen MR) is 128 cm³/mol. The highest BCUT2D eigenvalue weighted by molar-refractivity contribution is 7.92. The number of hydrogen-bond donors (Lipinski definition) is 2. The summed E-state index contributed by atoms with van der Waals surface area (Å²) in [7, 11) is -3.74. The van der Waals surface area contributed by atoms with Crippen LogP contribution >= 0.6 is 0 Å². The number of rotatable bonds is 8. The minimum atomic E-state index is -3.74. The van der Waals surface area contributed by atoms with Crippen molar-refractivity contribution in [3.8, 4) is 5.75 Å². The van der Waals surface area contributed by atoms with Crippen LogP contribution in [0.5, 0.6) is 5.75 Å². The maximum Gasteiger partial charge on any atom is 0.265 e. The van der Waals surface area contributed by atoms with Gasteiger partial charge in [-0.15, -0.1) is 0 Å². The zero-order chi connectivity index (χ0) is 23.3. The van der Waals surface area contributed by atoms with Crippen LogP contribution in [0.15, 0.2) is 71.6 Å². The van der Waals surface area contributed by atoms with E-state index in [2.05, 4.69) is 10.0 Å². The van der Waals surface area contributed by atoms with Crippen LogP contribution in [0.4, 0.5) is 11.4 Å². The van der Waals surface area contributed by atoms with Crippen LogP contribution in [0.1, 0.15) is 30.0 Å². The average molecular weight is 453 g/mol. The highest BCUT2D eigenvalue weighted by Gasteiger charge is 2.19. The SMILES string of the molecule is CC[C@@H](Oc1cccc(C)c1)C(=O)Nc1ccc(S(=O)(=O)Nc2ccc(C)c(C)c2)cc1. The molecule has 6 nitrogen and oxygen atoms in total. The number of aryl methyl sites for hydroxylation is 3. The first kappa shape index (κ1) is 23.3. The van der Waals surface area contributed by atoms with Crippen molar-refractivity contribution in [1.29, 1.82) is 0 Å². The third kappa shape index (κ3) is 5.88. The van der Waals surface area contributed by atoms with Crippen LogP contribution in [0.25, 0.3) is 0 Å². The summed E-state index contributed by atoms with van der Waals surface area (Å²) in [6.45, 7) is 7.72. The Morgan fingerprint density at radius 2 is 1.59 bits per heavy atom. The Hall–Kier alpha value is -3.32. The lowest BCUT2D eigenvalue weighted by Crippen LogP contribution is -2.32. The van der Waals surface area contributed by atoms with Crippen molar-refractivity contribution in [1.82, 2.24) is 0 Å². The van der Waals surface area contributed by atoms with Gasteiger partial charge < -0.3 is 10.1 Å². The number of anilines is 2. The van der Waals surface area contributed by atoms with Crippen molar-refractivity contribution in [3.63, 3.8) is 0 Å². The van der Waals surface area contributed by atoms with E-state index in [1.54, 1.807) is 24.3 Å². The first-order valence-corrected chi connectivity index (χ1v) is 11.9. The summed E-state index contributed by atoms with van der Waals surface area (Å²) in [5.74, 6) is 0.337. The number of amides is 1. The van der Waals surface area contributed by atoms with E-state index in [9.17, 15) is 13.2 Å². The third-order valence-corrected chi connectivity index (χ3v) is 6.52.